The van der Waals surface area contributed by atoms with Gasteiger partial charge in [-0.1, -0.05) is 46.8 Å². The summed E-state index contributed by atoms with van der Waals surface area (Å²) in [7, 11) is 0. The fourth-order valence-electron chi connectivity index (χ4n) is 3.06. The van der Waals surface area contributed by atoms with Crippen molar-refractivity contribution >= 4 is 5.97 Å². The summed E-state index contributed by atoms with van der Waals surface area (Å²) >= 11 is 0. The maximum atomic E-state index is 10.6. The van der Waals surface area contributed by atoms with Crippen LogP contribution in [-0.4, -0.2) is 16.2 Å². The average molecular weight is 292 g/mol. The minimum Gasteiger partial charge on any atom is -0.508 e. The summed E-state index contributed by atoms with van der Waals surface area (Å²) in [5.41, 5.74) is 2.29. The lowest BCUT2D eigenvalue weighted by Gasteiger charge is -2.33. The van der Waals surface area contributed by atoms with E-state index in [1.54, 1.807) is 6.07 Å². The minimum atomic E-state index is -0.793. The third kappa shape index (κ3) is 5.78. The molecule has 0 heterocycles. The van der Waals surface area contributed by atoms with Gasteiger partial charge in [-0.3, -0.25) is 4.79 Å². The van der Waals surface area contributed by atoms with Crippen LogP contribution in [0.3, 0.4) is 0 Å². The molecular weight excluding hydrogens is 264 g/mol. The Bertz CT molecular complexity index is 496. The monoisotopic (exact) mass is 292 g/mol. The number of hydrogen-bond donors (Lipinski definition) is 2. The van der Waals surface area contributed by atoms with E-state index in [-0.39, 0.29) is 23.0 Å². The van der Waals surface area contributed by atoms with Crippen molar-refractivity contribution in [3.8, 4) is 5.75 Å². The number of aliphatic carboxylic acids is 1. The van der Waals surface area contributed by atoms with E-state index in [0.29, 0.717) is 12.8 Å². The van der Waals surface area contributed by atoms with Gasteiger partial charge in [0.1, 0.15) is 5.75 Å². The first kappa shape index (κ1) is 17.5. The number of carboxylic acids is 1. The Morgan fingerprint density at radius 1 is 1.14 bits per heavy atom. The van der Waals surface area contributed by atoms with Crippen LogP contribution in [0.15, 0.2) is 18.2 Å². The van der Waals surface area contributed by atoms with Gasteiger partial charge in [0.2, 0.25) is 0 Å². The number of hydrogen-bond acceptors (Lipinski definition) is 2. The molecule has 0 atom stereocenters. The smallest absolute Gasteiger partial charge is 0.303 e. The first-order valence-corrected chi connectivity index (χ1v) is 7.55. The summed E-state index contributed by atoms with van der Waals surface area (Å²) in [6, 6.07) is 5.74. The van der Waals surface area contributed by atoms with Crippen molar-refractivity contribution in [2.75, 3.05) is 0 Å². The number of aryl methyl sites for hydroxylation is 1. The first-order chi connectivity index (χ1) is 9.51. The van der Waals surface area contributed by atoms with Gasteiger partial charge in [0.25, 0.3) is 0 Å². The van der Waals surface area contributed by atoms with Crippen molar-refractivity contribution in [2.24, 2.45) is 5.41 Å². The molecule has 0 fully saturated rings. The average Bonchev–Trinajstić information content (AvgIpc) is 2.27. The molecule has 0 unspecified atom stereocenters. The van der Waals surface area contributed by atoms with E-state index in [1.165, 1.54) is 5.56 Å². The van der Waals surface area contributed by atoms with Crippen LogP contribution in [0.5, 0.6) is 5.75 Å². The van der Waals surface area contributed by atoms with Crippen molar-refractivity contribution in [1.82, 2.24) is 0 Å². The highest BCUT2D eigenvalue weighted by Crippen LogP contribution is 2.37. The van der Waals surface area contributed by atoms with Gasteiger partial charge < -0.3 is 10.2 Å². The van der Waals surface area contributed by atoms with Crippen molar-refractivity contribution in [1.29, 1.82) is 0 Å². The molecule has 0 aliphatic heterocycles. The molecule has 1 rings (SSSR count). The van der Waals surface area contributed by atoms with Crippen LogP contribution >= 0.6 is 0 Å². The number of phenolic OH excluding ortho intramolecular Hbond substituents is 1. The Balaban J connectivity index is 2.92. The van der Waals surface area contributed by atoms with Crippen LogP contribution in [0.1, 0.15) is 65.0 Å². The van der Waals surface area contributed by atoms with E-state index in [9.17, 15) is 9.90 Å². The number of aromatic hydroxyl groups is 1. The largest absolute Gasteiger partial charge is 0.508 e. The molecular formula is C18H28O3. The molecule has 1 aromatic rings. The molecule has 0 aliphatic rings. The van der Waals surface area contributed by atoms with Crippen LogP contribution in [-0.2, 0) is 16.6 Å². The predicted molar refractivity (Wildman–Crippen MR) is 85.8 cm³/mol. The van der Waals surface area contributed by atoms with Gasteiger partial charge in [0.05, 0.1) is 0 Å². The van der Waals surface area contributed by atoms with E-state index in [1.807, 2.05) is 12.1 Å². The predicted octanol–water partition coefficient (Wildman–Crippen LogP) is 4.51. The fraction of sp³-hybridized carbons (Fsp3) is 0.611. The number of benzene rings is 1. The topological polar surface area (TPSA) is 57.5 Å². The van der Waals surface area contributed by atoms with E-state index in [2.05, 4.69) is 34.6 Å². The standard InChI is InChI=1S/C18H28O3/c1-17(2,3)12-18(4,5)14-9-10-15(19)13(11-14)7-6-8-16(20)21/h9-11,19H,6-8,12H2,1-5H3,(H,20,21). The third-order valence-corrected chi connectivity index (χ3v) is 3.67. The maximum absolute atomic E-state index is 10.6. The van der Waals surface area contributed by atoms with E-state index in [0.717, 1.165) is 12.0 Å². The molecule has 3 heteroatoms. The Morgan fingerprint density at radius 3 is 2.29 bits per heavy atom. The lowest BCUT2D eigenvalue weighted by molar-refractivity contribution is -0.137. The zero-order valence-corrected chi connectivity index (χ0v) is 13.9. The van der Waals surface area contributed by atoms with Gasteiger partial charge in [-0.05, 0) is 47.3 Å². The third-order valence-electron chi connectivity index (χ3n) is 3.67. The number of phenols is 1. The van der Waals surface area contributed by atoms with Crippen LogP contribution in [0.4, 0.5) is 0 Å². The van der Waals surface area contributed by atoms with Crippen molar-refractivity contribution in [3.05, 3.63) is 29.3 Å². The molecule has 118 valence electrons. The number of carbonyl (C=O) groups is 1. The van der Waals surface area contributed by atoms with Crippen LogP contribution in [0, 0.1) is 5.41 Å². The highest BCUT2D eigenvalue weighted by molar-refractivity contribution is 5.66. The quantitative estimate of drug-likeness (QED) is 0.811. The number of carboxylic acid groups (broad SMARTS) is 1. The van der Waals surface area contributed by atoms with Crippen molar-refractivity contribution in [2.45, 2.75) is 65.7 Å². The summed E-state index contributed by atoms with van der Waals surface area (Å²) in [5, 5.41) is 18.7. The van der Waals surface area contributed by atoms with Gasteiger partial charge in [0.15, 0.2) is 0 Å². The summed E-state index contributed by atoms with van der Waals surface area (Å²) < 4.78 is 0. The van der Waals surface area contributed by atoms with Gasteiger partial charge in [0, 0.05) is 6.42 Å². The van der Waals surface area contributed by atoms with E-state index in [4.69, 9.17) is 5.11 Å². The molecule has 3 nitrogen and oxygen atoms in total. The summed E-state index contributed by atoms with van der Waals surface area (Å²) in [6.45, 7) is 11.1. The molecule has 0 bridgehead atoms. The minimum absolute atomic E-state index is 0.0213. The molecule has 0 aromatic heterocycles. The molecule has 1 aromatic carbocycles. The first-order valence-electron chi connectivity index (χ1n) is 7.55. The molecule has 21 heavy (non-hydrogen) atoms. The molecule has 2 N–H and O–H groups in total. The Morgan fingerprint density at radius 2 is 1.76 bits per heavy atom. The summed E-state index contributed by atoms with van der Waals surface area (Å²) in [4.78, 5) is 10.6. The maximum Gasteiger partial charge on any atom is 0.303 e. The molecule has 0 saturated heterocycles. The van der Waals surface area contributed by atoms with Crippen molar-refractivity contribution < 1.29 is 15.0 Å². The molecule has 0 aliphatic carbocycles. The Kier molecular flexibility index (Phi) is 5.43. The lowest BCUT2D eigenvalue weighted by atomic mass is 9.72. The molecule has 0 saturated carbocycles. The lowest BCUT2D eigenvalue weighted by Crippen LogP contribution is -2.24. The van der Waals surface area contributed by atoms with Gasteiger partial charge in [-0.15, -0.1) is 0 Å². The van der Waals surface area contributed by atoms with E-state index >= 15 is 0 Å². The summed E-state index contributed by atoms with van der Waals surface area (Å²) in [5.74, 6) is -0.533. The molecule has 0 spiro atoms. The molecule has 0 amide bonds. The van der Waals surface area contributed by atoms with Crippen LogP contribution in [0.2, 0.25) is 0 Å². The van der Waals surface area contributed by atoms with E-state index < -0.39 is 5.97 Å². The zero-order chi connectivity index (χ0) is 16.3. The second-order valence-corrected chi connectivity index (χ2v) is 7.71. The zero-order valence-electron chi connectivity index (χ0n) is 13.9. The fourth-order valence-corrected chi connectivity index (χ4v) is 3.06. The van der Waals surface area contributed by atoms with Crippen molar-refractivity contribution in [3.63, 3.8) is 0 Å². The second kappa shape index (κ2) is 6.50. The number of rotatable bonds is 6. The summed E-state index contributed by atoms with van der Waals surface area (Å²) in [6.07, 6.45) is 2.32. The highest BCUT2D eigenvalue weighted by atomic mass is 16.4. The van der Waals surface area contributed by atoms with Crippen LogP contribution in [0.25, 0.3) is 0 Å². The Labute approximate surface area is 128 Å². The normalized spacial score (nSPS) is 12.4. The SMILES string of the molecule is CC(C)(C)CC(C)(C)c1ccc(O)c(CCCC(=O)O)c1. The highest BCUT2D eigenvalue weighted by Gasteiger charge is 2.27. The van der Waals surface area contributed by atoms with Crippen LogP contribution < -0.4 is 0 Å². The second-order valence-electron chi connectivity index (χ2n) is 7.71. The molecule has 0 radical (unpaired) electrons. The Hall–Kier alpha value is -1.51. The van der Waals surface area contributed by atoms with Gasteiger partial charge >= 0.3 is 5.97 Å². The van der Waals surface area contributed by atoms with Gasteiger partial charge in [-0.2, -0.15) is 0 Å². The van der Waals surface area contributed by atoms with Gasteiger partial charge in [-0.25, -0.2) is 0 Å².